The van der Waals surface area contributed by atoms with Gasteiger partial charge in [0.1, 0.15) is 5.75 Å². The second-order valence-corrected chi connectivity index (χ2v) is 8.92. The number of amides is 1. The molecule has 1 spiro atoms. The monoisotopic (exact) mass is 352 g/mol. The molecule has 6 heteroatoms. The van der Waals surface area contributed by atoms with Crippen LogP contribution >= 0.6 is 23.5 Å². The molecule has 23 heavy (non-hydrogen) atoms. The number of nitrogens with one attached hydrogen (secondary N) is 1. The number of anilines is 1. The Morgan fingerprint density at radius 1 is 1.43 bits per heavy atom. The number of methoxy groups -OCH3 is 1. The van der Waals surface area contributed by atoms with Crippen LogP contribution in [-0.2, 0) is 4.79 Å². The van der Waals surface area contributed by atoms with Gasteiger partial charge in [-0.05, 0) is 36.4 Å². The van der Waals surface area contributed by atoms with Crippen molar-refractivity contribution in [3.8, 4) is 5.75 Å². The SMILES string of the molecule is CCSCC(=O)N1CC2(CC(Nc3ccc(OC)cc3)CS2)C1. The first-order valence-corrected chi connectivity index (χ1v) is 10.2. The van der Waals surface area contributed by atoms with Gasteiger partial charge in [-0.15, -0.1) is 11.8 Å². The third kappa shape index (κ3) is 3.91. The van der Waals surface area contributed by atoms with Crippen LogP contribution < -0.4 is 10.1 Å². The van der Waals surface area contributed by atoms with Crippen LogP contribution in [0.5, 0.6) is 5.75 Å². The Morgan fingerprint density at radius 2 is 2.17 bits per heavy atom. The van der Waals surface area contributed by atoms with Gasteiger partial charge >= 0.3 is 0 Å². The highest BCUT2D eigenvalue weighted by atomic mass is 32.2. The molecule has 1 N–H and O–H groups in total. The first-order valence-electron chi connectivity index (χ1n) is 8.04. The zero-order valence-corrected chi connectivity index (χ0v) is 15.3. The lowest BCUT2D eigenvalue weighted by Crippen LogP contribution is -2.61. The lowest BCUT2D eigenvalue weighted by molar-refractivity contribution is -0.133. The van der Waals surface area contributed by atoms with E-state index in [2.05, 4.69) is 24.4 Å². The van der Waals surface area contributed by atoms with Crippen LogP contribution in [-0.4, -0.2) is 59.1 Å². The zero-order valence-electron chi connectivity index (χ0n) is 13.7. The van der Waals surface area contributed by atoms with Gasteiger partial charge in [-0.3, -0.25) is 4.79 Å². The maximum Gasteiger partial charge on any atom is 0.232 e. The maximum absolute atomic E-state index is 12.0. The molecule has 3 rings (SSSR count). The molecule has 1 atom stereocenters. The summed E-state index contributed by atoms with van der Waals surface area (Å²) in [7, 11) is 1.68. The lowest BCUT2D eigenvalue weighted by Gasteiger charge is -2.47. The third-order valence-electron chi connectivity index (χ3n) is 4.41. The molecule has 1 amide bonds. The lowest BCUT2D eigenvalue weighted by atomic mass is 9.92. The molecule has 2 saturated heterocycles. The van der Waals surface area contributed by atoms with Gasteiger partial charge in [0.05, 0.1) is 17.6 Å². The number of likely N-dealkylation sites (tertiary alicyclic amines) is 1. The number of hydrogen-bond donors (Lipinski definition) is 1. The van der Waals surface area contributed by atoms with E-state index in [0.29, 0.717) is 17.7 Å². The van der Waals surface area contributed by atoms with Gasteiger partial charge in [0.2, 0.25) is 5.91 Å². The van der Waals surface area contributed by atoms with E-state index in [1.54, 1.807) is 18.9 Å². The van der Waals surface area contributed by atoms with E-state index in [-0.39, 0.29) is 4.75 Å². The van der Waals surface area contributed by atoms with Crippen molar-refractivity contribution in [1.29, 1.82) is 0 Å². The quantitative estimate of drug-likeness (QED) is 0.852. The van der Waals surface area contributed by atoms with E-state index in [1.165, 1.54) is 0 Å². The Kier molecular flexibility index (Phi) is 5.31. The van der Waals surface area contributed by atoms with E-state index in [0.717, 1.165) is 42.5 Å². The number of benzene rings is 1. The Labute approximate surface area is 146 Å². The number of thioether (sulfide) groups is 2. The molecule has 1 aromatic rings. The molecule has 2 fully saturated rings. The Bertz CT molecular complexity index is 544. The van der Waals surface area contributed by atoms with E-state index < -0.39 is 0 Å². The molecule has 4 nitrogen and oxygen atoms in total. The van der Waals surface area contributed by atoms with E-state index >= 15 is 0 Å². The van der Waals surface area contributed by atoms with Crippen LogP contribution in [0.25, 0.3) is 0 Å². The van der Waals surface area contributed by atoms with E-state index in [4.69, 9.17) is 4.74 Å². The largest absolute Gasteiger partial charge is 0.497 e. The summed E-state index contributed by atoms with van der Waals surface area (Å²) >= 11 is 3.73. The number of carbonyl (C=O) groups is 1. The summed E-state index contributed by atoms with van der Waals surface area (Å²) in [5.74, 6) is 3.93. The summed E-state index contributed by atoms with van der Waals surface area (Å²) in [5.41, 5.74) is 1.14. The first-order chi connectivity index (χ1) is 11.1. The van der Waals surface area contributed by atoms with Crippen LogP contribution in [0.4, 0.5) is 5.69 Å². The minimum atomic E-state index is 0.288. The Morgan fingerprint density at radius 3 is 2.83 bits per heavy atom. The standard InChI is InChI=1S/C17H24N2O2S2/c1-3-22-10-16(20)19-11-17(12-19)8-14(9-23-17)18-13-4-6-15(21-2)7-5-13/h4-7,14,18H,3,8-12H2,1-2H3. The molecular formula is C17H24N2O2S2. The van der Waals surface area contributed by atoms with Crippen molar-refractivity contribution in [2.24, 2.45) is 0 Å². The summed E-state index contributed by atoms with van der Waals surface area (Å²) in [6, 6.07) is 8.57. The van der Waals surface area contributed by atoms with Crippen LogP contribution in [0.3, 0.4) is 0 Å². The predicted octanol–water partition coefficient (Wildman–Crippen LogP) is 2.95. The van der Waals surface area contributed by atoms with Crippen LogP contribution in [0.2, 0.25) is 0 Å². The minimum absolute atomic E-state index is 0.288. The molecule has 0 bridgehead atoms. The summed E-state index contributed by atoms with van der Waals surface area (Å²) in [6.45, 7) is 3.93. The van der Waals surface area contributed by atoms with Crippen molar-refractivity contribution in [3.63, 3.8) is 0 Å². The van der Waals surface area contributed by atoms with Crippen LogP contribution in [0.15, 0.2) is 24.3 Å². The van der Waals surface area contributed by atoms with E-state index in [9.17, 15) is 4.79 Å². The van der Waals surface area contributed by atoms with Crippen molar-refractivity contribution < 1.29 is 9.53 Å². The summed E-state index contributed by atoms with van der Waals surface area (Å²) in [6.07, 6.45) is 1.13. The van der Waals surface area contributed by atoms with Gasteiger partial charge in [0.25, 0.3) is 0 Å². The number of ether oxygens (including phenoxy) is 1. The summed E-state index contributed by atoms with van der Waals surface area (Å²) in [4.78, 5) is 14.0. The van der Waals surface area contributed by atoms with Crippen molar-refractivity contribution in [2.75, 3.05) is 42.8 Å². The normalized spacial score (nSPS) is 22.0. The average molecular weight is 353 g/mol. The van der Waals surface area contributed by atoms with Crippen molar-refractivity contribution in [2.45, 2.75) is 24.1 Å². The Hall–Kier alpha value is -1.01. The molecule has 1 aromatic carbocycles. The number of rotatable bonds is 6. The highest BCUT2D eigenvalue weighted by molar-refractivity contribution is 8.01. The smallest absolute Gasteiger partial charge is 0.232 e. The van der Waals surface area contributed by atoms with Gasteiger partial charge in [-0.25, -0.2) is 0 Å². The number of hydrogen-bond acceptors (Lipinski definition) is 5. The van der Waals surface area contributed by atoms with Crippen LogP contribution in [0.1, 0.15) is 13.3 Å². The van der Waals surface area contributed by atoms with Gasteiger partial charge in [-0.2, -0.15) is 11.8 Å². The molecule has 0 aliphatic carbocycles. The van der Waals surface area contributed by atoms with Crippen molar-refractivity contribution in [3.05, 3.63) is 24.3 Å². The molecule has 126 valence electrons. The summed E-state index contributed by atoms with van der Waals surface area (Å²) in [5, 5.41) is 3.61. The fraction of sp³-hybridized carbons (Fsp3) is 0.588. The average Bonchev–Trinajstić information content (AvgIpc) is 2.96. The molecule has 0 radical (unpaired) electrons. The fourth-order valence-corrected chi connectivity index (χ4v) is 5.32. The zero-order chi connectivity index (χ0) is 16.3. The molecule has 2 aliphatic rings. The van der Waals surface area contributed by atoms with Crippen molar-refractivity contribution >= 4 is 35.1 Å². The summed E-state index contributed by atoms with van der Waals surface area (Å²) < 4.78 is 5.48. The maximum atomic E-state index is 12.0. The predicted molar refractivity (Wildman–Crippen MR) is 99.8 cm³/mol. The molecule has 0 aromatic heterocycles. The van der Waals surface area contributed by atoms with Crippen LogP contribution in [0, 0.1) is 0 Å². The highest BCUT2D eigenvalue weighted by Crippen LogP contribution is 2.46. The fourth-order valence-electron chi connectivity index (χ4n) is 3.19. The highest BCUT2D eigenvalue weighted by Gasteiger charge is 2.50. The second-order valence-electron chi connectivity index (χ2n) is 6.15. The Balaban J connectivity index is 1.47. The number of nitrogens with zero attached hydrogens (tertiary/aromatic N) is 1. The number of carbonyl (C=O) groups excluding carboxylic acids is 1. The van der Waals surface area contributed by atoms with Crippen molar-refractivity contribution in [1.82, 2.24) is 4.90 Å². The first kappa shape index (κ1) is 16.8. The second kappa shape index (κ2) is 7.26. The third-order valence-corrected chi connectivity index (χ3v) is 6.88. The van der Waals surface area contributed by atoms with Gasteiger partial charge < -0.3 is 15.0 Å². The molecule has 1 unspecified atom stereocenters. The van der Waals surface area contributed by atoms with Gasteiger partial charge in [0.15, 0.2) is 0 Å². The topological polar surface area (TPSA) is 41.6 Å². The van der Waals surface area contributed by atoms with Gasteiger partial charge in [0, 0.05) is 30.6 Å². The van der Waals surface area contributed by atoms with Gasteiger partial charge in [-0.1, -0.05) is 6.92 Å². The minimum Gasteiger partial charge on any atom is -0.497 e. The molecule has 0 saturated carbocycles. The molecule has 2 heterocycles. The van der Waals surface area contributed by atoms with E-state index in [1.807, 2.05) is 28.8 Å². The molecular weight excluding hydrogens is 328 g/mol. The molecule has 2 aliphatic heterocycles.